The number of phenolic OH excluding ortho intramolecular Hbond substituents is 2. The first-order chi connectivity index (χ1) is 9.82. The van der Waals surface area contributed by atoms with Crippen molar-refractivity contribution in [3.8, 4) is 17.2 Å². The predicted octanol–water partition coefficient (Wildman–Crippen LogP) is 2.87. The Bertz CT molecular complexity index is 701. The minimum absolute atomic E-state index is 0.298. The molecule has 2 rings (SSSR count). The first-order valence-corrected chi connectivity index (χ1v) is 5.39. The molecule has 2 N–H and O–H groups in total. The van der Waals surface area contributed by atoms with E-state index in [1.54, 1.807) is 0 Å². The van der Waals surface area contributed by atoms with Crippen LogP contribution in [0.15, 0.2) is 24.3 Å². The summed E-state index contributed by atoms with van der Waals surface area (Å²) in [6.45, 7) is 0. The summed E-state index contributed by atoms with van der Waals surface area (Å²) in [6.07, 6.45) is 0. The number of phenols is 2. The van der Waals surface area contributed by atoms with E-state index in [1.807, 2.05) is 0 Å². The molecule has 2 aromatic carbocycles. The van der Waals surface area contributed by atoms with Crippen molar-refractivity contribution >= 4 is 5.97 Å². The van der Waals surface area contributed by atoms with Gasteiger partial charge in [0, 0.05) is 6.07 Å². The molecule has 0 radical (unpaired) electrons. The molecule has 0 atom stereocenters. The second-order valence-electron chi connectivity index (χ2n) is 3.87. The molecule has 2 aromatic rings. The van der Waals surface area contributed by atoms with E-state index in [1.165, 1.54) is 18.2 Å². The van der Waals surface area contributed by atoms with E-state index < -0.39 is 40.6 Å². The number of benzene rings is 2. The molecule has 4 nitrogen and oxygen atoms in total. The largest absolute Gasteiger partial charge is 0.508 e. The van der Waals surface area contributed by atoms with E-state index in [9.17, 15) is 22.4 Å². The van der Waals surface area contributed by atoms with Crippen LogP contribution in [0.4, 0.5) is 17.6 Å². The smallest absolute Gasteiger partial charge is 0.349 e. The molecule has 0 saturated carbocycles. The Balaban J connectivity index is 2.45. The van der Waals surface area contributed by atoms with Crippen molar-refractivity contribution in [2.75, 3.05) is 0 Å². The van der Waals surface area contributed by atoms with Crippen LogP contribution in [0.3, 0.4) is 0 Å². The number of hydrogen-bond donors (Lipinski definition) is 2. The van der Waals surface area contributed by atoms with Crippen molar-refractivity contribution in [1.82, 2.24) is 0 Å². The van der Waals surface area contributed by atoms with Gasteiger partial charge in [-0.05, 0) is 12.1 Å². The van der Waals surface area contributed by atoms with Crippen molar-refractivity contribution in [3.63, 3.8) is 0 Å². The number of hydrogen-bond acceptors (Lipinski definition) is 4. The van der Waals surface area contributed by atoms with E-state index in [0.29, 0.717) is 0 Å². The van der Waals surface area contributed by atoms with Gasteiger partial charge in [-0.3, -0.25) is 0 Å². The summed E-state index contributed by atoms with van der Waals surface area (Å²) in [5, 5.41) is 17.9. The average molecular weight is 302 g/mol. The van der Waals surface area contributed by atoms with Gasteiger partial charge in [0.2, 0.25) is 11.6 Å². The molecule has 0 amide bonds. The first kappa shape index (κ1) is 14.6. The number of esters is 1. The lowest BCUT2D eigenvalue weighted by Gasteiger charge is -2.09. The molecule has 0 aliphatic carbocycles. The van der Waals surface area contributed by atoms with Crippen LogP contribution in [-0.4, -0.2) is 16.2 Å². The highest BCUT2D eigenvalue weighted by Gasteiger charge is 2.30. The lowest BCUT2D eigenvalue weighted by molar-refractivity contribution is 0.0721. The second kappa shape index (κ2) is 5.31. The van der Waals surface area contributed by atoms with E-state index >= 15 is 0 Å². The molecule has 21 heavy (non-hydrogen) atoms. The van der Waals surface area contributed by atoms with Crippen LogP contribution >= 0.6 is 0 Å². The van der Waals surface area contributed by atoms with Crippen molar-refractivity contribution in [2.24, 2.45) is 0 Å². The summed E-state index contributed by atoms with van der Waals surface area (Å²) in [5.41, 5.74) is -1.63. The predicted molar refractivity (Wildman–Crippen MR) is 61.0 cm³/mol. The summed E-state index contributed by atoms with van der Waals surface area (Å²) in [4.78, 5) is 11.6. The van der Waals surface area contributed by atoms with Gasteiger partial charge in [0.1, 0.15) is 17.1 Å². The number of ether oxygens (including phenoxy) is 1. The van der Waals surface area contributed by atoms with E-state index in [4.69, 9.17) is 10.2 Å². The zero-order valence-corrected chi connectivity index (χ0v) is 10.0. The summed E-state index contributed by atoms with van der Waals surface area (Å²) in [5.74, 6) is -12.6. The van der Waals surface area contributed by atoms with E-state index in [-0.39, 0.29) is 11.5 Å². The number of halogens is 4. The van der Waals surface area contributed by atoms with Crippen LogP contribution in [0.1, 0.15) is 10.4 Å². The fourth-order valence-electron chi connectivity index (χ4n) is 1.50. The van der Waals surface area contributed by atoms with Crippen LogP contribution in [0.25, 0.3) is 0 Å². The molecule has 0 aliphatic rings. The lowest BCUT2D eigenvalue weighted by atomic mass is 10.1. The molecule has 0 spiro atoms. The van der Waals surface area contributed by atoms with Gasteiger partial charge in [0.15, 0.2) is 17.4 Å². The van der Waals surface area contributed by atoms with Crippen LogP contribution in [0.2, 0.25) is 0 Å². The van der Waals surface area contributed by atoms with Gasteiger partial charge in [-0.25, -0.2) is 13.6 Å². The van der Waals surface area contributed by atoms with Crippen LogP contribution in [0.5, 0.6) is 17.2 Å². The highest BCUT2D eigenvalue weighted by atomic mass is 19.2. The SMILES string of the molecule is O=C(Oc1cccc(O)c1)c1c(F)c(F)c(O)c(F)c1F. The molecule has 110 valence electrons. The molecule has 0 unspecified atom stereocenters. The van der Waals surface area contributed by atoms with Gasteiger partial charge < -0.3 is 14.9 Å². The summed E-state index contributed by atoms with van der Waals surface area (Å²) in [7, 11) is 0. The molecule has 0 heterocycles. The molecule has 0 aromatic heterocycles. The highest BCUT2D eigenvalue weighted by molar-refractivity contribution is 5.92. The molecule has 8 heteroatoms. The van der Waals surface area contributed by atoms with Gasteiger partial charge in [0.05, 0.1) is 0 Å². The van der Waals surface area contributed by atoms with Gasteiger partial charge in [-0.1, -0.05) is 6.07 Å². The third kappa shape index (κ3) is 2.60. The first-order valence-electron chi connectivity index (χ1n) is 5.39. The Morgan fingerprint density at radius 3 is 2.05 bits per heavy atom. The normalized spacial score (nSPS) is 10.5. The monoisotopic (exact) mass is 302 g/mol. The van der Waals surface area contributed by atoms with Gasteiger partial charge in [-0.15, -0.1) is 0 Å². The van der Waals surface area contributed by atoms with Crippen molar-refractivity contribution in [2.45, 2.75) is 0 Å². The maximum atomic E-state index is 13.4. The highest BCUT2D eigenvalue weighted by Crippen LogP contribution is 2.29. The number of carbonyl (C=O) groups excluding carboxylic acids is 1. The zero-order chi connectivity index (χ0) is 15.7. The number of aromatic hydroxyl groups is 2. The van der Waals surface area contributed by atoms with Gasteiger partial charge >= 0.3 is 5.97 Å². The maximum Gasteiger partial charge on any atom is 0.349 e. The Morgan fingerprint density at radius 1 is 0.952 bits per heavy atom. The number of carbonyl (C=O) groups is 1. The maximum absolute atomic E-state index is 13.4. The Hall–Kier alpha value is -2.77. The Morgan fingerprint density at radius 2 is 1.52 bits per heavy atom. The van der Waals surface area contributed by atoms with Crippen LogP contribution < -0.4 is 4.74 Å². The van der Waals surface area contributed by atoms with E-state index in [2.05, 4.69) is 4.74 Å². The molecule has 0 saturated heterocycles. The third-order valence-corrected chi connectivity index (χ3v) is 2.47. The lowest BCUT2D eigenvalue weighted by Crippen LogP contribution is -2.16. The fourth-order valence-corrected chi connectivity index (χ4v) is 1.50. The minimum Gasteiger partial charge on any atom is -0.508 e. The molecule has 0 bridgehead atoms. The van der Waals surface area contributed by atoms with Crippen LogP contribution in [-0.2, 0) is 0 Å². The topological polar surface area (TPSA) is 66.8 Å². The second-order valence-corrected chi connectivity index (χ2v) is 3.87. The molecular formula is C13H6F4O4. The fraction of sp³-hybridized carbons (Fsp3) is 0. The standard InChI is InChI=1S/C13H6F4O4/c14-8-7(9(15)11(17)12(19)10(8)16)13(20)21-6-3-1-2-5(18)4-6/h1-4,18-19H. The van der Waals surface area contributed by atoms with Crippen molar-refractivity contribution in [1.29, 1.82) is 0 Å². The van der Waals surface area contributed by atoms with Gasteiger partial charge in [0.25, 0.3) is 0 Å². The van der Waals surface area contributed by atoms with Crippen molar-refractivity contribution in [3.05, 3.63) is 53.1 Å². The van der Waals surface area contributed by atoms with E-state index in [0.717, 1.165) is 6.07 Å². The summed E-state index contributed by atoms with van der Waals surface area (Å²) >= 11 is 0. The quantitative estimate of drug-likeness (QED) is 0.387. The molecule has 0 aliphatic heterocycles. The summed E-state index contributed by atoms with van der Waals surface area (Å²) < 4.78 is 57.6. The third-order valence-electron chi connectivity index (χ3n) is 2.47. The van der Waals surface area contributed by atoms with Crippen molar-refractivity contribution < 1.29 is 37.3 Å². The van der Waals surface area contributed by atoms with Gasteiger partial charge in [-0.2, -0.15) is 8.78 Å². The molecule has 0 fully saturated rings. The van der Waals surface area contributed by atoms with Crippen LogP contribution in [0, 0.1) is 23.3 Å². The Kier molecular flexibility index (Phi) is 3.70. The number of rotatable bonds is 2. The zero-order valence-electron chi connectivity index (χ0n) is 10.0. The minimum atomic E-state index is -2.11. The average Bonchev–Trinajstić information content (AvgIpc) is 2.43. The molecular weight excluding hydrogens is 296 g/mol. The Labute approximate surface area is 114 Å². The summed E-state index contributed by atoms with van der Waals surface area (Å²) in [6, 6.07) is 4.61.